The quantitative estimate of drug-likeness (QED) is 0.743. The maximum Gasteiger partial charge on any atom is 0.0722 e. The number of fused-ring (bicyclic) bond motifs is 1. The Bertz CT molecular complexity index is 939. The SMILES string of the molecule is Cc1nn(C)c(C)c1/C=C/c1cc(C(=O)[O-])c2ccccc2n1. The summed E-state index contributed by atoms with van der Waals surface area (Å²) in [6.45, 7) is 3.92. The molecule has 0 fully saturated rings. The summed E-state index contributed by atoms with van der Waals surface area (Å²) in [6.07, 6.45) is 3.71. The van der Waals surface area contributed by atoms with Gasteiger partial charge in [0, 0.05) is 29.3 Å². The summed E-state index contributed by atoms with van der Waals surface area (Å²) in [6, 6.07) is 8.68. The van der Waals surface area contributed by atoms with Crippen LogP contribution in [-0.2, 0) is 7.05 Å². The van der Waals surface area contributed by atoms with Crippen molar-refractivity contribution in [1.82, 2.24) is 14.8 Å². The van der Waals surface area contributed by atoms with Gasteiger partial charge in [-0.3, -0.25) is 4.68 Å². The van der Waals surface area contributed by atoms with Crippen molar-refractivity contribution in [3.8, 4) is 0 Å². The van der Waals surface area contributed by atoms with E-state index in [2.05, 4.69) is 10.1 Å². The topological polar surface area (TPSA) is 70.8 Å². The fourth-order valence-corrected chi connectivity index (χ4v) is 2.65. The molecule has 0 amide bonds. The van der Waals surface area contributed by atoms with Crippen molar-refractivity contribution in [2.45, 2.75) is 13.8 Å². The minimum atomic E-state index is -1.20. The number of aryl methyl sites for hydroxylation is 2. The summed E-state index contributed by atoms with van der Waals surface area (Å²) < 4.78 is 1.81. The van der Waals surface area contributed by atoms with Crippen LogP contribution < -0.4 is 5.11 Å². The molecule has 0 aliphatic rings. The van der Waals surface area contributed by atoms with Crippen LogP contribution in [0.15, 0.2) is 30.3 Å². The number of carboxylic acid groups (broad SMARTS) is 1. The monoisotopic (exact) mass is 306 g/mol. The van der Waals surface area contributed by atoms with Crippen LogP contribution in [0, 0.1) is 13.8 Å². The molecule has 3 rings (SSSR count). The molecular weight excluding hydrogens is 290 g/mol. The Morgan fingerprint density at radius 1 is 1.22 bits per heavy atom. The van der Waals surface area contributed by atoms with Crippen molar-refractivity contribution in [3.63, 3.8) is 0 Å². The highest BCUT2D eigenvalue weighted by Crippen LogP contribution is 2.20. The molecule has 0 N–H and O–H groups in total. The van der Waals surface area contributed by atoms with Gasteiger partial charge in [0.15, 0.2) is 0 Å². The summed E-state index contributed by atoms with van der Waals surface area (Å²) in [4.78, 5) is 15.9. The van der Waals surface area contributed by atoms with E-state index >= 15 is 0 Å². The maximum atomic E-state index is 11.4. The van der Waals surface area contributed by atoms with Crippen molar-refractivity contribution in [2.24, 2.45) is 7.05 Å². The molecule has 2 aromatic heterocycles. The molecule has 0 spiro atoms. The van der Waals surface area contributed by atoms with Crippen molar-refractivity contribution < 1.29 is 9.90 Å². The second-order valence-electron chi connectivity index (χ2n) is 5.44. The van der Waals surface area contributed by atoms with Gasteiger partial charge in [-0.1, -0.05) is 18.2 Å². The van der Waals surface area contributed by atoms with Crippen molar-refractivity contribution in [3.05, 3.63) is 58.5 Å². The Morgan fingerprint density at radius 3 is 2.61 bits per heavy atom. The molecular formula is C18H16N3O2-. The lowest BCUT2D eigenvalue weighted by atomic mass is 10.1. The highest BCUT2D eigenvalue weighted by atomic mass is 16.4. The number of carboxylic acids is 1. The molecule has 5 nitrogen and oxygen atoms in total. The van der Waals surface area contributed by atoms with Gasteiger partial charge in [-0.2, -0.15) is 5.10 Å². The Labute approximate surface area is 133 Å². The predicted octanol–water partition coefficient (Wildman–Crippen LogP) is 2.12. The van der Waals surface area contributed by atoms with Gasteiger partial charge in [0.25, 0.3) is 0 Å². The molecule has 0 aliphatic heterocycles. The third-order valence-electron chi connectivity index (χ3n) is 3.94. The molecule has 0 unspecified atom stereocenters. The minimum Gasteiger partial charge on any atom is -0.545 e. The highest BCUT2D eigenvalue weighted by Gasteiger charge is 2.07. The zero-order valence-electron chi connectivity index (χ0n) is 13.2. The van der Waals surface area contributed by atoms with Crippen LogP contribution in [0.4, 0.5) is 0 Å². The van der Waals surface area contributed by atoms with Crippen molar-refractivity contribution in [2.75, 3.05) is 0 Å². The Kier molecular flexibility index (Phi) is 3.70. The number of hydrogen-bond donors (Lipinski definition) is 0. The van der Waals surface area contributed by atoms with E-state index in [4.69, 9.17) is 0 Å². The Balaban J connectivity index is 2.10. The van der Waals surface area contributed by atoms with Crippen LogP contribution in [-0.4, -0.2) is 20.7 Å². The van der Waals surface area contributed by atoms with Gasteiger partial charge in [0.1, 0.15) is 0 Å². The minimum absolute atomic E-state index is 0.148. The van der Waals surface area contributed by atoms with Crippen LogP contribution in [0.1, 0.15) is 33.0 Å². The van der Waals surface area contributed by atoms with Gasteiger partial charge >= 0.3 is 0 Å². The average molecular weight is 306 g/mol. The van der Waals surface area contributed by atoms with E-state index in [9.17, 15) is 9.90 Å². The van der Waals surface area contributed by atoms with E-state index in [1.807, 2.05) is 37.7 Å². The fraction of sp³-hybridized carbons (Fsp3) is 0.167. The first-order valence-electron chi connectivity index (χ1n) is 7.27. The standard InChI is InChI=1S/C18H17N3O2/c1-11-14(12(2)21(3)20-11)9-8-13-10-16(18(22)23)15-6-4-5-7-17(15)19-13/h4-10H,1-3H3,(H,22,23)/p-1/b9-8+. The van der Waals surface area contributed by atoms with E-state index in [0.29, 0.717) is 16.6 Å². The van der Waals surface area contributed by atoms with Gasteiger partial charge in [-0.25, -0.2) is 4.98 Å². The second-order valence-corrected chi connectivity index (χ2v) is 5.44. The molecule has 23 heavy (non-hydrogen) atoms. The number of pyridine rings is 1. The first kappa shape index (κ1) is 15.0. The zero-order chi connectivity index (χ0) is 16.6. The molecule has 5 heteroatoms. The van der Waals surface area contributed by atoms with Gasteiger partial charge in [-0.15, -0.1) is 0 Å². The number of para-hydroxylation sites is 1. The van der Waals surface area contributed by atoms with E-state index in [1.165, 1.54) is 6.07 Å². The van der Waals surface area contributed by atoms with E-state index in [1.54, 1.807) is 24.3 Å². The number of aromatic carboxylic acids is 1. The van der Waals surface area contributed by atoms with Gasteiger partial charge in [0.2, 0.25) is 0 Å². The van der Waals surface area contributed by atoms with Crippen LogP contribution in [0.2, 0.25) is 0 Å². The largest absolute Gasteiger partial charge is 0.545 e. The number of rotatable bonds is 3. The van der Waals surface area contributed by atoms with Gasteiger partial charge in [0.05, 0.1) is 22.9 Å². The van der Waals surface area contributed by atoms with Crippen LogP contribution in [0.3, 0.4) is 0 Å². The molecule has 116 valence electrons. The van der Waals surface area contributed by atoms with Crippen LogP contribution in [0.25, 0.3) is 23.1 Å². The van der Waals surface area contributed by atoms with E-state index in [0.717, 1.165) is 17.0 Å². The molecule has 0 atom stereocenters. The first-order valence-corrected chi connectivity index (χ1v) is 7.27. The van der Waals surface area contributed by atoms with Crippen molar-refractivity contribution >= 4 is 29.0 Å². The first-order chi connectivity index (χ1) is 11.0. The van der Waals surface area contributed by atoms with E-state index < -0.39 is 5.97 Å². The molecule has 2 heterocycles. The highest BCUT2D eigenvalue weighted by molar-refractivity contribution is 6.02. The summed E-state index contributed by atoms with van der Waals surface area (Å²) in [5, 5.41) is 16.3. The summed E-state index contributed by atoms with van der Waals surface area (Å²) in [5.74, 6) is -1.20. The zero-order valence-corrected chi connectivity index (χ0v) is 13.2. The lowest BCUT2D eigenvalue weighted by Gasteiger charge is -2.08. The lowest BCUT2D eigenvalue weighted by molar-refractivity contribution is -0.254. The number of carbonyl (C=O) groups is 1. The number of hydrogen-bond acceptors (Lipinski definition) is 4. The lowest BCUT2D eigenvalue weighted by Crippen LogP contribution is -2.22. The Hall–Kier alpha value is -2.95. The Morgan fingerprint density at radius 2 is 1.96 bits per heavy atom. The molecule has 1 aromatic carbocycles. The summed E-state index contributed by atoms with van der Waals surface area (Å²) in [7, 11) is 1.89. The second kappa shape index (κ2) is 5.68. The van der Waals surface area contributed by atoms with E-state index in [-0.39, 0.29) is 5.56 Å². The van der Waals surface area contributed by atoms with Crippen molar-refractivity contribution in [1.29, 1.82) is 0 Å². The van der Waals surface area contributed by atoms with Crippen LogP contribution in [0.5, 0.6) is 0 Å². The third-order valence-corrected chi connectivity index (χ3v) is 3.94. The number of benzene rings is 1. The smallest absolute Gasteiger partial charge is 0.0722 e. The predicted molar refractivity (Wildman–Crippen MR) is 87.7 cm³/mol. The molecule has 0 saturated heterocycles. The summed E-state index contributed by atoms with van der Waals surface area (Å²) in [5.41, 5.74) is 4.33. The molecule has 0 saturated carbocycles. The number of carbonyl (C=O) groups excluding carboxylic acids is 1. The van der Waals surface area contributed by atoms with Gasteiger partial charge < -0.3 is 9.90 Å². The molecule has 3 aromatic rings. The molecule has 0 radical (unpaired) electrons. The van der Waals surface area contributed by atoms with Crippen LogP contribution >= 0.6 is 0 Å². The maximum absolute atomic E-state index is 11.4. The fourth-order valence-electron chi connectivity index (χ4n) is 2.65. The molecule has 0 bridgehead atoms. The number of nitrogens with zero attached hydrogens (tertiary/aromatic N) is 3. The average Bonchev–Trinajstić information content (AvgIpc) is 2.77. The summed E-state index contributed by atoms with van der Waals surface area (Å²) >= 11 is 0. The third kappa shape index (κ3) is 2.73. The number of aromatic nitrogens is 3. The molecule has 0 aliphatic carbocycles. The normalized spacial score (nSPS) is 11.4. The van der Waals surface area contributed by atoms with Gasteiger partial charge in [-0.05, 0) is 38.1 Å².